The third-order valence-electron chi connectivity index (χ3n) is 3.31. The molecule has 3 heteroatoms. The fourth-order valence-electron chi connectivity index (χ4n) is 2.50. The first-order valence-electron chi connectivity index (χ1n) is 5.93. The molecule has 2 aliphatic rings. The van der Waals surface area contributed by atoms with Gasteiger partial charge in [-0.15, -0.1) is 0 Å². The largest absolute Gasteiger partial charge is 0.379 e. The summed E-state index contributed by atoms with van der Waals surface area (Å²) in [5.74, 6) is 0.905. The average Bonchev–Trinajstić information content (AvgIpc) is 2.19. The van der Waals surface area contributed by atoms with Crippen LogP contribution in [0, 0.1) is 5.92 Å². The predicted molar refractivity (Wildman–Crippen MR) is 56.9 cm³/mol. The molecule has 14 heavy (non-hydrogen) atoms. The van der Waals surface area contributed by atoms with E-state index in [0.29, 0.717) is 0 Å². The molecule has 1 saturated heterocycles. The van der Waals surface area contributed by atoms with Crippen LogP contribution in [0.5, 0.6) is 0 Å². The summed E-state index contributed by atoms with van der Waals surface area (Å²) in [4.78, 5) is 0. The van der Waals surface area contributed by atoms with Crippen LogP contribution >= 0.6 is 0 Å². The zero-order valence-corrected chi connectivity index (χ0v) is 9.17. The van der Waals surface area contributed by atoms with Gasteiger partial charge in [0.05, 0.1) is 13.2 Å². The van der Waals surface area contributed by atoms with Gasteiger partial charge in [-0.05, 0) is 18.8 Å². The highest BCUT2D eigenvalue weighted by Crippen LogP contribution is 2.23. The Bertz CT molecular complexity index is 169. The normalized spacial score (nSPS) is 35.8. The monoisotopic (exact) mass is 198 g/mol. The van der Waals surface area contributed by atoms with E-state index >= 15 is 0 Å². The van der Waals surface area contributed by atoms with E-state index < -0.39 is 0 Å². The molecule has 0 aromatic heterocycles. The highest BCUT2D eigenvalue weighted by molar-refractivity contribution is 4.75. The van der Waals surface area contributed by atoms with Crippen LogP contribution in [0.25, 0.3) is 0 Å². The first kappa shape index (κ1) is 10.4. The molecule has 1 aliphatic heterocycles. The molecule has 2 unspecified atom stereocenters. The summed E-state index contributed by atoms with van der Waals surface area (Å²) < 4.78 is 5.33. The second-order valence-electron chi connectivity index (χ2n) is 4.70. The van der Waals surface area contributed by atoms with Crippen molar-refractivity contribution in [3.8, 4) is 0 Å². The number of rotatable bonds is 2. The Kier molecular flexibility index (Phi) is 3.79. The smallest absolute Gasteiger partial charge is 0.0608 e. The van der Waals surface area contributed by atoms with Crippen molar-refractivity contribution in [2.75, 3.05) is 26.3 Å². The van der Waals surface area contributed by atoms with E-state index in [0.717, 1.165) is 38.3 Å². The zero-order chi connectivity index (χ0) is 9.80. The van der Waals surface area contributed by atoms with Gasteiger partial charge in [-0.3, -0.25) is 5.43 Å². The Balaban J connectivity index is 1.72. The van der Waals surface area contributed by atoms with Gasteiger partial charge < -0.3 is 4.74 Å². The number of nitrogens with one attached hydrogen (secondary N) is 1. The SMILES string of the molecule is CC1CCCC(NN2CCOCC2)C1. The van der Waals surface area contributed by atoms with Crippen LogP contribution in [0.15, 0.2) is 0 Å². The van der Waals surface area contributed by atoms with Gasteiger partial charge in [0.25, 0.3) is 0 Å². The second kappa shape index (κ2) is 5.10. The summed E-state index contributed by atoms with van der Waals surface area (Å²) in [6.45, 7) is 6.23. The number of morpholine rings is 1. The summed E-state index contributed by atoms with van der Waals surface area (Å²) in [5.41, 5.74) is 3.64. The van der Waals surface area contributed by atoms with Gasteiger partial charge in [0.2, 0.25) is 0 Å². The third kappa shape index (κ3) is 2.94. The third-order valence-corrected chi connectivity index (χ3v) is 3.31. The lowest BCUT2D eigenvalue weighted by Crippen LogP contribution is -2.51. The molecule has 2 rings (SSSR count). The highest BCUT2D eigenvalue weighted by atomic mass is 16.5. The predicted octanol–water partition coefficient (Wildman–Crippen LogP) is 1.40. The van der Waals surface area contributed by atoms with Gasteiger partial charge >= 0.3 is 0 Å². The molecule has 2 fully saturated rings. The van der Waals surface area contributed by atoms with E-state index in [-0.39, 0.29) is 0 Å². The first-order valence-corrected chi connectivity index (χ1v) is 5.93. The molecule has 0 aromatic rings. The summed E-state index contributed by atoms with van der Waals surface area (Å²) in [5, 5.41) is 2.34. The van der Waals surface area contributed by atoms with Crippen LogP contribution in [-0.4, -0.2) is 37.4 Å². The van der Waals surface area contributed by atoms with E-state index in [4.69, 9.17) is 4.74 Å². The van der Waals surface area contributed by atoms with Crippen LogP contribution in [0.3, 0.4) is 0 Å². The molecule has 2 atom stereocenters. The van der Waals surface area contributed by atoms with E-state index in [9.17, 15) is 0 Å². The van der Waals surface area contributed by atoms with Crippen molar-refractivity contribution in [2.24, 2.45) is 5.92 Å². The van der Waals surface area contributed by atoms with Crippen molar-refractivity contribution in [2.45, 2.75) is 38.6 Å². The zero-order valence-electron chi connectivity index (χ0n) is 9.17. The number of hydrogen-bond donors (Lipinski definition) is 1. The van der Waals surface area contributed by atoms with Gasteiger partial charge in [-0.25, -0.2) is 5.01 Å². The molecule has 0 radical (unpaired) electrons. The molecule has 1 N–H and O–H groups in total. The minimum Gasteiger partial charge on any atom is -0.379 e. The molecular formula is C11H22N2O. The Morgan fingerprint density at radius 3 is 2.71 bits per heavy atom. The molecule has 0 amide bonds. The van der Waals surface area contributed by atoms with Gasteiger partial charge in [0, 0.05) is 19.1 Å². The number of nitrogens with zero attached hydrogens (tertiary/aromatic N) is 1. The van der Waals surface area contributed by atoms with Crippen molar-refractivity contribution in [1.29, 1.82) is 0 Å². The van der Waals surface area contributed by atoms with Crippen LogP contribution in [0.4, 0.5) is 0 Å². The van der Waals surface area contributed by atoms with Crippen LogP contribution in [0.1, 0.15) is 32.6 Å². The second-order valence-corrected chi connectivity index (χ2v) is 4.70. The molecular weight excluding hydrogens is 176 g/mol. The van der Waals surface area contributed by atoms with E-state index in [2.05, 4.69) is 17.4 Å². The lowest BCUT2D eigenvalue weighted by molar-refractivity contribution is -0.00150. The Morgan fingerprint density at radius 1 is 1.21 bits per heavy atom. The van der Waals surface area contributed by atoms with Crippen LogP contribution in [-0.2, 0) is 4.74 Å². The first-order chi connectivity index (χ1) is 6.84. The number of ether oxygens (including phenoxy) is 1. The summed E-state index contributed by atoms with van der Waals surface area (Å²) in [7, 11) is 0. The maximum atomic E-state index is 5.33. The summed E-state index contributed by atoms with van der Waals surface area (Å²) in [6.07, 6.45) is 5.50. The van der Waals surface area contributed by atoms with Crippen molar-refractivity contribution in [3.63, 3.8) is 0 Å². The lowest BCUT2D eigenvalue weighted by Gasteiger charge is -2.35. The minimum atomic E-state index is 0.719. The molecule has 1 saturated carbocycles. The minimum absolute atomic E-state index is 0.719. The van der Waals surface area contributed by atoms with E-state index in [1.54, 1.807) is 0 Å². The van der Waals surface area contributed by atoms with Crippen LogP contribution < -0.4 is 5.43 Å². The molecule has 3 nitrogen and oxygen atoms in total. The Morgan fingerprint density at radius 2 is 2.00 bits per heavy atom. The van der Waals surface area contributed by atoms with Crippen molar-refractivity contribution in [1.82, 2.24) is 10.4 Å². The van der Waals surface area contributed by atoms with Gasteiger partial charge in [0.15, 0.2) is 0 Å². The highest BCUT2D eigenvalue weighted by Gasteiger charge is 2.21. The lowest BCUT2D eigenvalue weighted by atomic mass is 9.87. The van der Waals surface area contributed by atoms with Crippen molar-refractivity contribution >= 4 is 0 Å². The van der Waals surface area contributed by atoms with Gasteiger partial charge in [0.1, 0.15) is 0 Å². The fraction of sp³-hybridized carbons (Fsp3) is 1.00. The molecule has 1 heterocycles. The molecule has 0 spiro atoms. The van der Waals surface area contributed by atoms with Gasteiger partial charge in [-0.1, -0.05) is 19.8 Å². The molecule has 1 aliphatic carbocycles. The maximum Gasteiger partial charge on any atom is 0.0608 e. The average molecular weight is 198 g/mol. The molecule has 0 aromatic carbocycles. The van der Waals surface area contributed by atoms with E-state index in [1.165, 1.54) is 25.7 Å². The summed E-state index contributed by atoms with van der Waals surface area (Å²) >= 11 is 0. The van der Waals surface area contributed by atoms with Gasteiger partial charge in [-0.2, -0.15) is 0 Å². The number of hydrazine groups is 1. The maximum absolute atomic E-state index is 5.33. The Labute approximate surface area is 86.8 Å². The van der Waals surface area contributed by atoms with Crippen molar-refractivity contribution in [3.05, 3.63) is 0 Å². The quantitative estimate of drug-likeness (QED) is 0.726. The summed E-state index contributed by atoms with van der Waals surface area (Å²) in [6, 6.07) is 0.719. The Hall–Kier alpha value is -0.120. The fourth-order valence-corrected chi connectivity index (χ4v) is 2.50. The standard InChI is InChI=1S/C11H22N2O/c1-10-3-2-4-11(9-10)12-13-5-7-14-8-6-13/h10-12H,2-9H2,1H3. The molecule has 82 valence electrons. The van der Waals surface area contributed by atoms with Crippen LogP contribution in [0.2, 0.25) is 0 Å². The topological polar surface area (TPSA) is 24.5 Å². The van der Waals surface area contributed by atoms with E-state index in [1.807, 2.05) is 0 Å². The number of hydrogen-bond acceptors (Lipinski definition) is 3. The molecule has 0 bridgehead atoms. The van der Waals surface area contributed by atoms with Crippen molar-refractivity contribution < 1.29 is 4.74 Å².